The van der Waals surface area contributed by atoms with Crippen LogP contribution in [0.15, 0.2) is 42.5 Å². The van der Waals surface area contributed by atoms with Crippen molar-refractivity contribution < 1.29 is 14.2 Å². The number of hydrogen-bond donors (Lipinski definition) is 2. The normalized spacial score (nSPS) is 18.4. The summed E-state index contributed by atoms with van der Waals surface area (Å²) in [6, 6.07) is 14.5. The number of fused-ring (bicyclic) bond motifs is 1. The molecule has 28 heavy (non-hydrogen) atoms. The highest BCUT2D eigenvalue weighted by atomic mass is 16.5. The van der Waals surface area contributed by atoms with Gasteiger partial charge < -0.3 is 25.3 Å². The molecule has 0 radical (unpaired) electrons. The molecule has 4 rings (SSSR count). The van der Waals surface area contributed by atoms with Gasteiger partial charge in [-0.3, -0.25) is 0 Å². The summed E-state index contributed by atoms with van der Waals surface area (Å²) in [5.41, 5.74) is 9.73. The number of rotatable bonds is 6. The van der Waals surface area contributed by atoms with E-state index in [1.165, 1.54) is 0 Å². The summed E-state index contributed by atoms with van der Waals surface area (Å²) >= 11 is 0. The van der Waals surface area contributed by atoms with Gasteiger partial charge in [0.25, 0.3) is 0 Å². The van der Waals surface area contributed by atoms with Crippen molar-refractivity contribution in [2.24, 2.45) is 5.73 Å². The van der Waals surface area contributed by atoms with Crippen LogP contribution < -0.4 is 25.3 Å². The summed E-state index contributed by atoms with van der Waals surface area (Å²) in [6.07, 6.45) is 1.93. The molecule has 0 spiro atoms. The van der Waals surface area contributed by atoms with Crippen LogP contribution in [0.5, 0.6) is 17.2 Å². The number of benzene rings is 2. The zero-order valence-corrected chi connectivity index (χ0v) is 16.4. The fraction of sp³-hybridized carbons (Fsp3) is 0.318. The fourth-order valence-corrected chi connectivity index (χ4v) is 3.58. The summed E-state index contributed by atoms with van der Waals surface area (Å²) in [7, 11) is 4.93. The van der Waals surface area contributed by atoms with Gasteiger partial charge in [-0.1, -0.05) is 0 Å². The minimum Gasteiger partial charge on any atom is -0.497 e. The van der Waals surface area contributed by atoms with E-state index in [0.717, 1.165) is 46.4 Å². The van der Waals surface area contributed by atoms with Gasteiger partial charge in [0.15, 0.2) is 11.5 Å². The third kappa shape index (κ3) is 3.43. The molecule has 1 aromatic heterocycles. The molecule has 6 heteroatoms. The van der Waals surface area contributed by atoms with Gasteiger partial charge in [-0.05, 0) is 49.2 Å². The van der Waals surface area contributed by atoms with Gasteiger partial charge in [0.1, 0.15) is 5.75 Å². The second kappa shape index (κ2) is 7.56. The van der Waals surface area contributed by atoms with E-state index < -0.39 is 0 Å². The lowest BCUT2D eigenvalue weighted by atomic mass is 9.87. The Morgan fingerprint density at radius 2 is 1.61 bits per heavy atom. The maximum absolute atomic E-state index is 5.97. The summed E-state index contributed by atoms with van der Waals surface area (Å²) in [5.74, 6) is 2.16. The van der Waals surface area contributed by atoms with Crippen molar-refractivity contribution in [2.75, 3.05) is 26.6 Å². The van der Waals surface area contributed by atoms with Crippen molar-refractivity contribution in [3.63, 3.8) is 0 Å². The number of nitrogens with zero attached hydrogens (tertiary/aromatic N) is 1. The quantitative estimate of drug-likeness (QED) is 0.678. The molecule has 0 aliphatic heterocycles. The number of methoxy groups -OCH3 is 3. The molecule has 0 bridgehead atoms. The van der Waals surface area contributed by atoms with Crippen LogP contribution in [0.3, 0.4) is 0 Å². The van der Waals surface area contributed by atoms with Gasteiger partial charge in [0.2, 0.25) is 0 Å². The SMILES string of the molecule is COc1ccc(-c2cc(NC3CC(N)C3)c3cc(OC)c(OC)cc3n2)cc1. The number of nitrogens with two attached hydrogens (primary N) is 1. The predicted molar refractivity (Wildman–Crippen MR) is 111 cm³/mol. The smallest absolute Gasteiger partial charge is 0.162 e. The minimum atomic E-state index is 0.279. The van der Waals surface area contributed by atoms with Crippen molar-refractivity contribution in [2.45, 2.75) is 24.9 Å². The Labute approximate surface area is 164 Å². The van der Waals surface area contributed by atoms with Crippen molar-refractivity contribution in [3.05, 3.63) is 42.5 Å². The van der Waals surface area contributed by atoms with Crippen LogP contribution in [-0.2, 0) is 0 Å². The van der Waals surface area contributed by atoms with E-state index in [1.54, 1.807) is 21.3 Å². The van der Waals surface area contributed by atoms with Gasteiger partial charge in [-0.15, -0.1) is 0 Å². The summed E-state index contributed by atoms with van der Waals surface area (Å²) in [6.45, 7) is 0. The van der Waals surface area contributed by atoms with E-state index in [4.69, 9.17) is 24.9 Å². The van der Waals surface area contributed by atoms with Gasteiger partial charge >= 0.3 is 0 Å². The van der Waals surface area contributed by atoms with Gasteiger partial charge in [-0.2, -0.15) is 0 Å². The highest BCUT2D eigenvalue weighted by Crippen LogP contribution is 2.38. The lowest BCUT2D eigenvalue weighted by Crippen LogP contribution is -2.44. The lowest BCUT2D eigenvalue weighted by Gasteiger charge is -2.34. The van der Waals surface area contributed by atoms with Crippen molar-refractivity contribution in [3.8, 4) is 28.5 Å². The molecular weight excluding hydrogens is 354 g/mol. The van der Waals surface area contributed by atoms with Gasteiger partial charge in [0, 0.05) is 34.8 Å². The third-order valence-corrected chi connectivity index (χ3v) is 5.23. The molecule has 1 aliphatic carbocycles. The molecule has 6 nitrogen and oxygen atoms in total. The highest BCUT2D eigenvalue weighted by Gasteiger charge is 2.26. The monoisotopic (exact) mass is 379 g/mol. The molecule has 1 saturated carbocycles. The molecule has 146 valence electrons. The molecule has 0 atom stereocenters. The third-order valence-electron chi connectivity index (χ3n) is 5.23. The zero-order valence-electron chi connectivity index (χ0n) is 16.4. The van der Waals surface area contributed by atoms with Crippen LogP contribution in [0.2, 0.25) is 0 Å². The van der Waals surface area contributed by atoms with Gasteiger partial charge in [0.05, 0.1) is 32.5 Å². The van der Waals surface area contributed by atoms with Crippen LogP contribution in [-0.4, -0.2) is 38.4 Å². The van der Waals surface area contributed by atoms with Crippen molar-refractivity contribution >= 4 is 16.6 Å². The second-order valence-electron chi connectivity index (χ2n) is 7.08. The Morgan fingerprint density at radius 3 is 2.21 bits per heavy atom. The molecule has 3 aromatic rings. The number of ether oxygens (including phenoxy) is 3. The van der Waals surface area contributed by atoms with E-state index in [-0.39, 0.29) is 6.04 Å². The van der Waals surface area contributed by atoms with Crippen molar-refractivity contribution in [1.82, 2.24) is 4.98 Å². The standard InChI is InChI=1S/C22H25N3O3/c1-26-16-6-4-13(5-7-16)18-11-19(24-15-8-14(23)9-15)17-10-21(27-2)22(28-3)12-20(17)25-18/h4-7,10-12,14-15H,8-9,23H2,1-3H3,(H,24,25). The van der Waals surface area contributed by atoms with E-state index in [2.05, 4.69) is 11.4 Å². The fourth-order valence-electron chi connectivity index (χ4n) is 3.58. The minimum absolute atomic E-state index is 0.279. The highest BCUT2D eigenvalue weighted by molar-refractivity contribution is 5.96. The van der Waals surface area contributed by atoms with Crippen LogP contribution in [0, 0.1) is 0 Å². The maximum atomic E-state index is 5.97. The molecule has 1 aliphatic rings. The number of anilines is 1. The lowest BCUT2D eigenvalue weighted by molar-refractivity contribution is 0.355. The Bertz CT molecular complexity index is 982. The van der Waals surface area contributed by atoms with Crippen LogP contribution in [0.4, 0.5) is 5.69 Å². The largest absolute Gasteiger partial charge is 0.497 e. The molecule has 3 N–H and O–H groups in total. The van der Waals surface area contributed by atoms with Crippen LogP contribution in [0.1, 0.15) is 12.8 Å². The Kier molecular flexibility index (Phi) is 4.96. The number of hydrogen-bond acceptors (Lipinski definition) is 6. The summed E-state index contributed by atoms with van der Waals surface area (Å²) in [4.78, 5) is 4.87. The molecular formula is C22H25N3O3. The second-order valence-corrected chi connectivity index (χ2v) is 7.08. The topological polar surface area (TPSA) is 78.6 Å². The van der Waals surface area contributed by atoms with E-state index in [1.807, 2.05) is 36.4 Å². The molecule has 0 saturated heterocycles. The maximum Gasteiger partial charge on any atom is 0.162 e. The summed E-state index contributed by atoms with van der Waals surface area (Å²) < 4.78 is 16.2. The first kappa shape index (κ1) is 18.4. The first-order chi connectivity index (χ1) is 13.6. The van der Waals surface area contributed by atoms with E-state index >= 15 is 0 Å². The molecule has 2 aromatic carbocycles. The average Bonchev–Trinajstić information content (AvgIpc) is 2.71. The van der Waals surface area contributed by atoms with Gasteiger partial charge in [-0.25, -0.2) is 4.98 Å². The molecule has 1 heterocycles. The Balaban J connectivity index is 1.83. The number of pyridine rings is 1. The average molecular weight is 379 g/mol. The number of nitrogens with one attached hydrogen (secondary N) is 1. The summed E-state index contributed by atoms with van der Waals surface area (Å²) in [5, 5.41) is 4.63. The zero-order chi connectivity index (χ0) is 19.7. The molecule has 0 unspecified atom stereocenters. The molecule has 0 amide bonds. The van der Waals surface area contributed by atoms with E-state index in [0.29, 0.717) is 17.5 Å². The Hall–Kier alpha value is -2.99. The molecule has 1 fully saturated rings. The Morgan fingerprint density at radius 1 is 0.929 bits per heavy atom. The first-order valence-corrected chi connectivity index (χ1v) is 9.34. The predicted octanol–water partition coefficient (Wildman–Crippen LogP) is 3.83. The number of aromatic nitrogens is 1. The van der Waals surface area contributed by atoms with E-state index in [9.17, 15) is 0 Å². The van der Waals surface area contributed by atoms with Crippen molar-refractivity contribution in [1.29, 1.82) is 0 Å². The first-order valence-electron chi connectivity index (χ1n) is 9.34. The van der Waals surface area contributed by atoms with Crippen LogP contribution in [0.25, 0.3) is 22.2 Å². The van der Waals surface area contributed by atoms with Crippen LogP contribution >= 0.6 is 0 Å².